The van der Waals surface area contributed by atoms with Gasteiger partial charge >= 0.3 is 0 Å². The van der Waals surface area contributed by atoms with Crippen molar-refractivity contribution in [3.05, 3.63) is 21.1 Å². The summed E-state index contributed by atoms with van der Waals surface area (Å²) in [5, 5.41) is 10.8. The maximum Gasteiger partial charge on any atom is 0.294 e. The molecule has 0 N–H and O–H groups in total. The summed E-state index contributed by atoms with van der Waals surface area (Å²) in [4.78, 5) is 22.0. The summed E-state index contributed by atoms with van der Waals surface area (Å²) in [7, 11) is 1.62. The topological polar surface area (TPSA) is 69.4 Å². The van der Waals surface area contributed by atoms with E-state index in [2.05, 4.69) is 0 Å². The summed E-state index contributed by atoms with van der Waals surface area (Å²) in [5.41, 5.74) is 0.0302. The molecule has 17 heavy (non-hydrogen) atoms. The molecular weight excluding hydrogens is 262 g/mol. The van der Waals surface area contributed by atoms with Gasteiger partial charge in [0.05, 0.1) is 9.80 Å². The van der Waals surface area contributed by atoms with Gasteiger partial charge in [0.25, 0.3) is 5.69 Å². The predicted octanol–water partition coefficient (Wildman–Crippen LogP) is 2.99. The first-order chi connectivity index (χ1) is 8.06. The van der Waals surface area contributed by atoms with Gasteiger partial charge in [-0.15, -0.1) is 23.1 Å². The highest BCUT2D eigenvalue weighted by Crippen LogP contribution is 2.37. The van der Waals surface area contributed by atoms with E-state index in [4.69, 9.17) is 4.74 Å². The van der Waals surface area contributed by atoms with Gasteiger partial charge in [-0.25, -0.2) is 0 Å². The quantitative estimate of drug-likeness (QED) is 0.251. The van der Waals surface area contributed by atoms with Crippen LogP contribution in [0.2, 0.25) is 0 Å². The van der Waals surface area contributed by atoms with Gasteiger partial charge in [-0.2, -0.15) is 0 Å². The van der Waals surface area contributed by atoms with Crippen LogP contribution in [0.4, 0.5) is 5.69 Å². The molecule has 0 unspecified atom stereocenters. The molecule has 0 saturated carbocycles. The normalized spacial score (nSPS) is 10.5. The van der Waals surface area contributed by atoms with E-state index in [0.29, 0.717) is 15.7 Å². The molecule has 0 atom stereocenters. The molecule has 0 bridgehead atoms. The second-order valence-corrected chi connectivity index (χ2v) is 5.71. The zero-order valence-corrected chi connectivity index (χ0v) is 11.2. The first-order valence-corrected chi connectivity index (χ1v) is 6.77. The van der Waals surface area contributed by atoms with E-state index in [1.807, 2.05) is 0 Å². The van der Waals surface area contributed by atoms with E-state index in [1.54, 1.807) is 7.11 Å². The van der Waals surface area contributed by atoms with Crippen molar-refractivity contribution in [2.45, 2.75) is 17.6 Å². The number of ketones is 1. The number of hydrogen-bond acceptors (Lipinski definition) is 6. The van der Waals surface area contributed by atoms with Gasteiger partial charge in [0.15, 0.2) is 5.78 Å². The Morgan fingerprint density at radius 3 is 2.88 bits per heavy atom. The molecule has 1 heterocycles. The highest BCUT2D eigenvalue weighted by molar-refractivity contribution is 8.01. The van der Waals surface area contributed by atoms with E-state index < -0.39 is 4.92 Å². The third-order valence-corrected chi connectivity index (χ3v) is 4.54. The molecule has 0 spiro atoms. The van der Waals surface area contributed by atoms with E-state index in [-0.39, 0.29) is 11.5 Å². The summed E-state index contributed by atoms with van der Waals surface area (Å²) in [6.07, 6.45) is 0.825. The largest absolute Gasteiger partial charge is 0.385 e. The summed E-state index contributed by atoms with van der Waals surface area (Å²) in [6.45, 7) is 2.04. The van der Waals surface area contributed by atoms with Crippen LogP contribution in [-0.4, -0.2) is 30.2 Å². The number of carbonyl (C=O) groups excluding carboxylic acids is 1. The van der Waals surface area contributed by atoms with Crippen molar-refractivity contribution in [2.24, 2.45) is 0 Å². The second kappa shape index (κ2) is 6.73. The lowest BCUT2D eigenvalue weighted by molar-refractivity contribution is -0.387. The highest BCUT2D eigenvalue weighted by Gasteiger charge is 2.20. The number of Topliss-reactive ketones (excluding diaryl/α,β-unsaturated/α-hetero) is 1. The average Bonchev–Trinajstić information content (AvgIpc) is 2.68. The molecule has 0 radical (unpaired) electrons. The number of hydrogen-bond donors (Lipinski definition) is 0. The number of rotatable bonds is 7. The fourth-order valence-corrected chi connectivity index (χ4v) is 3.37. The molecule has 0 aliphatic rings. The van der Waals surface area contributed by atoms with Gasteiger partial charge in [0.2, 0.25) is 0 Å². The van der Waals surface area contributed by atoms with Crippen LogP contribution in [-0.2, 0) is 4.74 Å². The smallest absolute Gasteiger partial charge is 0.294 e. The van der Waals surface area contributed by atoms with Crippen molar-refractivity contribution >= 4 is 34.6 Å². The lowest BCUT2D eigenvalue weighted by Crippen LogP contribution is -1.91. The molecule has 0 amide bonds. The van der Waals surface area contributed by atoms with Gasteiger partial charge in [-0.05, 0) is 13.3 Å². The zero-order valence-electron chi connectivity index (χ0n) is 9.60. The fourth-order valence-electron chi connectivity index (χ4n) is 1.14. The molecule has 0 saturated heterocycles. The minimum Gasteiger partial charge on any atom is -0.385 e. The maximum absolute atomic E-state index is 11.2. The molecule has 94 valence electrons. The van der Waals surface area contributed by atoms with Crippen molar-refractivity contribution in [3.63, 3.8) is 0 Å². The van der Waals surface area contributed by atoms with Crippen molar-refractivity contribution in [3.8, 4) is 0 Å². The molecule has 0 aliphatic heterocycles. The first kappa shape index (κ1) is 14.1. The molecule has 0 aromatic carbocycles. The molecular formula is C10H13NO4S2. The predicted molar refractivity (Wildman–Crippen MR) is 68.2 cm³/mol. The Labute approximate surface area is 107 Å². The summed E-state index contributed by atoms with van der Waals surface area (Å²) < 4.78 is 5.50. The summed E-state index contributed by atoms with van der Waals surface area (Å²) >= 11 is 2.58. The van der Waals surface area contributed by atoms with E-state index >= 15 is 0 Å². The Morgan fingerprint density at radius 2 is 2.35 bits per heavy atom. The zero-order chi connectivity index (χ0) is 12.8. The lowest BCUT2D eigenvalue weighted by Gasteiger charge is -1.97. The number of methoxy groups -OCH3 is 1. The van der Waals surface area contributed by atoms with E-state index in [1.165, 1.54) is 36.1 Å². The van der Waals surface area contributed by atoms with Crippen LogP contribution in [0.25, 0.3) is 0 Å². The molecule has 1 rings (SSSR count). The minimum atomic E-state index is -0.443. The SMILES string of the molecule is COCCCSc1sc(C(C)=O)cc1[N+](=O)[O-]. The number of thiophene rings is 1. The first-order valence-electron chi connectivity index (χ1n) is 4.97. The van der Waals surface area contributed by atoms with Crippen molar-refractivity contribution in [1.82, 2.24) is 0 Å². The second-order valence-electron chi connectivity index (χ2n) is 3.29. The van der Waals surface area contributed by atoms with Gasteiger partial charge in [0, 0.05) is 25.5 Å². The van der Waals surface area contributed by atoms with Crippen LogP contribution >= 0.6 is 23.1 Å². The highest BCUT2D eigenvalue weighted by atomic mass is 32.2. The molecule has 7 heteroatoms. The van der Waals surface area contributed by atoms with E-state index in [0.717, 1.165) is 12.2 Å². The Hall–Kier alpha value is -0.920. The minimum absolute atomic E-state index is 0.0302. The Balaban J connectivity index is 2.74. The lowest BCUT2D eigenvalue weighted by atomic mass is 10.3. The van der Waals surface area contributed by atoms with Crippen LogP contribution < -0.4 is 0 Å². The third-order valence-electron chi connectivity index (χ3n) is 1.95. The van der Waals surface area contributed by atoms with Crippen LogP contribution in [0, 0.1) is 10.1 Å². The Bertz CT molecular complexity index is 416. The van der Waals surface area contributed by atoms with Crippen LogP contribution in [0.15, 0.2) is 10.3 Å². The Kier molecular flexibility index (Phi) is 5.60. The number of nitrogens with zero attached hydrogens (tertiary/aromatic N) is 1. The van der Waals surface area contributed by atoms with E-state index in [9.17, 15) is 14.9 Å². The van der Waals surface area contributed by atoms with Crippen molar-refractivity contribution in [2.75, 3.05) is 19.5 Å². The van der Waals surface area contributed by atoms with Gasteiger partial charge in [-0.1, -0.05) is 0 Å². The Morgan fingerprint density at radius 1 is 1.65 bits per heavy atom. The third kappa shape index (κ3) is 4.10. The standard InChI is InChI=1S/C10H13NO4S2/c1-7(12)9-6-8(11(13)14)10(17-9)16-5-3-4-15-2/h6H,3-5H2,1-2H3. The van der Waals surface area contributed by atoms with Crippen molar-refractivity contribution < 1.29 is 14.5 Å². The number of carbonyl (C=O) groups is 1. The molecule has 1 aromatic rings. The number of ether oxygens (including phenoxy) is 1. The van der Waals surface area contributed by atoms with Crippen LogP contribution in [0.3, 0.4) is 0 Å². The number of nitro groups is 1. The number of thioether (sulfide) groups is 1. The monoisotopic (exact) mass is 275 g/mol. The van der Waals surface area contributed by atoms with Gasteiger partial charge in [-0.3, -0.25) is 14.9 Å². The summed E-state index contributed by atoms with van der Waals surface area (Å²) in [5.74, 6) is 0.605. The molecule has 0 aliphatic carbocycles. The maximum atomic E-state index is 11.2. The molecule has 1 aromatic heterocycles. The van der Waals surface area contributed by atoms with Crippen LogP contribution in [0.1, 0.15) is 23.0 Å². The van der Waals surface area contributed by atoms with Gasteiger partial charge in [0.1, 0.15) is 4.21 Å². The van der Waals surface area contributed by atoms with Crippen molar-refractivity contribution in [1.29, 1.82) is 0 Å². The van der Waals surface area contributed by atoms with Gasteiger partial charge < -0.3 is 4.74 Å². The molecule has 5 nitrogen and oxygen atoms in total. The van der Waals surface area contributed by atoms with Crippen LogP contribution in [0.5, 0.6) is 0 Å². The average molecular weight is 275 g/mol. The molecule has 0 fully saturated rings. The fraction of sp³-hybridized carbons (Fsp3) is 0.500. The summed E-state index contributed by atoms with van der Waals surface area (Å²) in [6, 6.07) is 1.35.